The fourth-order valence-electron chi connectivity index (χ4n) is 4.23. The molecule has 0 bridgehead atoms. The highest BCUT2D eigenvalue weighted by Crippen LogP contribution is 2.34. The van der Waals surface area contributed by atoms with E-state index in [1.165, 1.54) is 0 Å². The Labute approximate surface area is 207 Å². The number of hydrogen-bond donors (Lipinski definition) is 3. The molecular formula is C26H35N7O2. The van der Waals surface area contributed by atoms with Crippen molar-refractivity contribution in [2.24, 2.45) is 0 Å². The lowest BCUT2D eigenvalue weighted by atomic mass is 10.0. The van der Waals surface area contributed by atoms with Gasteiger partial charge in [-0.15, -0.1) is 0 Å². The molecule has 1 saturated heterocycles. The lowest BCUT2D eigenvalue weighted by Gasteiger charge is -2.37. The monoisotopic (exact) mass is 477 g/mol. The molecule has 3 aromatic rings. The zero-order chi connectivity index (χ0) is 25.0. The highest BCUT2D eigenvalue weighted by Gasteiger charge is 2.23. The second-order valence-corrected chi connectivity index (χ2v) is 9.55. The van der Waals surface area contributed by atoms with Gasteiger partial charge in [0.05, 0.1) is 18.5 Å². The molecular weight excluding hydrogens is 442 g/mol. The molecule has 1 aromatic carbocycles. The Kier molecular flexibility index (Phi) is 7.37. The van der Waals surface area contributed by atoms with E-state index in [0.29, 0.717) is 29.3 Å². The highest BCUT2D eigenvalue weighted by molar-refractivity contribution is 5.68. The Morgan fingerprint density at radius 2 is 1.77 bits per heavy atom. The Hall–Kier alpha value is -3.43. The van der Waals surface area contributed by atoms with Gasteiger partial charge in [-0.25, -0.2) is 9.97 Å². The number of nitrogens with zero attached hydrogens (tertiary/aromatic N) is 5. The molecule has 2 aromatic heterocycles. The van der Waals surface area contributed by atoms with Gasteiger partial charge >= 0.3 is 0 Å². The van der Waals surface area contributed by atoms with Crippen LogP contribution in [0.25, 0.3) is 0 Å². The molecule has 35 heavy (non-hydrogen) atoms. The number of pyridine rings is 1. The van der Waals surface area contributed by atoms with Gasteiger partial charge in [0.25, 0.3) is 0 Å². The van der Waals surface area contributed by atoms with E-state index in [2.05, 4.69) is 55.5 Å². The molecule has 0 amide bonds. The van der Waals surface area contributed by atoms with Crippen molar-refractivity contribution in [2.45, 2.75) is 38.3 Å². The van der Waals surface area contributed by atoms with Crippen LogP contribution in [0.15, 0.2) is 48.7 Å². The first-order valence-corrected chi connectivity index (χ1v) is 11.9. The van der Waals surface area contributed by atoms with Gasteiger partial charge in [0, 0.05) is 37.1 Å². The number of benzene rings is 1. The summed E-state index contributed by atoms with van der Waals surface area (Å²) in [5.41, 5.74) is 1.49. The van der Waals surface area contributed by atoms with Crippen LogP contribution < -0.4 is 20.3 Å². The van der Waals surface area contributed by atoms with Crippen molar-refractivity contribution >= 4 is 29.0 Å². The van der Waals surface area contributed by atoms with Crippen molar-refractivity contribution in [2.75, 3.05) is 49.8 Å². The number of methoxy groups -OCH3 is 1. The molecule has 0 saturated carbocycles. The summed E-state index contributed by atoms with van der Waals surface area (Å²) in [6, 6.07) is 14.0. The van der Waals surface area contributed by atoms with Crippen molar-refractivity contribution < 1.29 is 9.84 Å². The fourth-order valence-corrected chi connectivity index (χ4v) is 4.23. The van der Waals surface area contributed by atoms with E-state index in [-0.39, 0.29) is 0 Å². The SMILES string of the molecule is COc1cc(Nc2nccc(Nc3cccc(C(C)(C)O)n3)n2)ccc1N1CCC(N(C)C)CC1. The Morgan fingerprint density at radius 3 is 2.46 bits per heavy atom. The van der Waals surface area contributed by atoms with Gasteiger partial charge in [-0.3, -0.25) is 0 Å². The molecule has 1 aliphatic heterocycles. The van der Waals surface area contributed by atoms with Crippen LogP contribution in [0.1, 0.15) is 32.4 Å². The van der Waals surface area contributed by atoms with Crippen LogP contribution in [0.2, 0.25) is 0 Å². The third-order valence-corrected chi connectivity index (χ3v) is 6.26. The third kappa shape index (κ3) is 6.17. The predicted molar refractivity (Wildman–Crippen MR) is 140 cm³/mol. The molecule has 0 unspecified atom stereocenters. The summed E-state index contributed by atoms with van der Waals surface area (Å²) < 4.78 is 5.72. The minimum absolute atomic E-state index is 0.454. The second-order valence-electron chi connectivity index (χ2n) is 9.55. The molecule has 1 aliphatic rings. The van der Waals surface area contributed by atoms with Crippen molar-refractivity contribution in [1.29, 1.82) is 0 Å². The van der Waals surface area contributed by atoms with Crippen molar-refractivity contribution in [3.63, 3.8) is 0 Å². The summed E-state index contributed by atoms with van der Waals surface area (Å²) in [6.07, 6.45) is 3.95. The van der Waals surface area contributed by atoms with Crippen LogP contribution in [-0.2, 0) is 5.60 Å². The standard InChI is InChI=1S/C26H35N7O2/c1-26(2,34)22-7-6-8-23(29-22)30-24-11-14-27-25(31-24)28-18-9-10-20(21(17-18)35-5)33-15-12-19(13-16-33)32(3)4/h6-11,14,17,19,34H,12-13,15-16H2,1-5H3,(H2,27,28,29,30,31). The van der Waals surface area contributed by atoms with E-state index >= 15 is 0 Å². The topological polar surface area (TPSA) is 98.7 Å². The van der Waals surface area contributed by atoms with Crippen LogP contribution in [-0.4, -0.2) is 65.3 Å². The van der Waals surface area contributed by atoms with Crippen molar-refractivity contribution in [1.82, 2.24) is 19.9 Å². The maximum atomic E-state index is 10.2. The van der Waals surface area contributed by atoms with Gasteiger partial charge in [-0.1, -0.05) is 6.07 Å². The molecule has 0 spiro atoms. The molecule has 9 nitrogen and oxygen atoms in total. The van der Waals surface area contributed by atoms with Gasteiger partial charge in [-0.05, 0) is 71.1 Å². The van der Waals surface area contributed by atoms with E-state index in [4.69, 9.17) is 4.74 Å². The number of ether oxygens (including phenoxy) is 1. The van der Waals surface area contributed by atoms with Gasteiger partial charge in [0.15, 0.2) is 0 Å². The Balaban J connectivity index is 1.46. The molecule has 186 valence electrons. The fraction of sp³-hybridized carbons (Fsp3) is 0.423. The molecule has 0 aliphatic carbocycles. The van der Waals surface area contributed by atoms with E-state index in [0.717, 1.165) is 43.1 Å². The van der Waals surface area contributed by atoms with Crippen molar-refractivity contribution in [3.8, 4) is 5.75 Å². The van der Waals surface area contributed by atoms with Crippen LogP contribution >= 0.6 is 0 Å². The number of aliphatic hydroxyl groups is 1. The lowest BCUT2D eigenvalue weighted by Crippen LogP contribution is -2.42. The second kappa shape index (κ2) is 10.5. The van der Waals surface area contributed by atoms with E-state index < -0.39 is 5.60 Å². The summed E-state index contributed by atoms with van der Waals surface area (Å²) in [5, 5.41) is 16.7. The number of anilines is 5. The Morgan fingerprint density at radius 1 is 1.03 bits per heavy atom. The summed E-state index contributed by atoms with van der Waals surface area (Å²) in [5.74, 6) is 2.46. The van der Waals surface area contributed by atoms with Crippen LogP contribution in [0.4, 0.5) is 29.0 Å². The van der Waals surface area contributed by atoms with E-state index in [9.17, 15) is 5.11 Å². The highest BCUT2D eigenvalue weighted by atomic mass is 16.5. The van der Waals surface area contributed by atoms with Crippen molar-refractivity contribution in [3.05, 3.63) is 54.4 Å². The predicted octanol–water partition coefficient (Wildman–Crippen LogP) is 4.13. The lowest BCUT2D eigenvalue weighted by molar-refractivity contribution is 0.0740. The first kappa shape index (κ1) is 24.7. The normalized spacial score (nSPS) is 14.8. The quantitative estimate of drug-likeness (QED) is 0.442. The van der Waals surface area contributed by atoms with Gasteiger partial charge in [0.2, 0.25) is 5.95 Å². The van der Waals surface area contributed by atoms with E-state index in [1.807, 2.05) is 24.3 Å². The minimum atomic E-state index is -1.02. The number of piperidine rings is 1. The molecule has 9 heteroatoms. The maximum absolute atomic E-state index is 10.2. The van der Waals surface area contributed by atoms with Crippen LogP contribution in [0, 0.1) is 0 Å². The molecule has 1 fully saturated rings. The number of hydrogen-bond acceptors (Lipinski definition) is 9. The smallest absolute Gasteiger partial charge is 0.229 e. The average Bonchev–Trinajstić information content (AvgIpc) is 2.84. The Bertz CT molecular complexity index is 1140. The summed E-state index contributed by atoms with van der Waals surface area (Å²) in [6.45, 7) is 5.42. The van der Waals surface area contributed by atoms with Crippen LogP contribution in [0.3, 0.4) is 0 Å². The number of nitrogens with one attached hydrogen (secondary N) is 2. The molecule has 0 atom stereocenters. The van der Waals surface area contributed by atoms with Crippen LogP contribution in [0.5, 0.6) is 5.75 Å². The largest absolute Gasteiger partial charge is 0.495 e. The summed E-state index contributed by atoms with van der Waals surface area (Å²) in [7, 11) is 6.00. The summed E-state index contributed by atoms with van der Waals surface area (Å²) >= 11 is 0. The molecule has 3 heterocycles. The van der Waals surface area contributed by atoms with Gasteiger partial charge in [-0.2, -0.15) is 4.98 Å². The number of rotatable bonds is 8. The first-order valence-electron chi connectivity index (χ1n) is 11.9. The summed E-state index contributed by atoms with van der Waals surface area (Å²) in [4.78, 5) is 18.1. The van der Waals surface area contributed by atoms with E-state index in [1.54, 1.807) is 39.3 Å². The van der Waals surface area contributed by atoms with Gasteiger partial charge < -0.3 is 30.3 Å². The maximum Gasteiger partial charge on any atom is 0.229 e. The zero-order valence-corrected chi connectivity index (χ0v) is 21.1. The molecule has 0 radical (unpaired) electrons. The average molecular weight is 478 g/mol. The minimum Gasteiger partial charge on any atom is -0.495 e. The first-order chi connectivity index (χ1) is 16.7. The molecule has 3 N–H and O–H groups in total. The number of aromatic nitrogens is 3. The third-order valence-electron chi connectivity index (χ3n) is 6.26. The zero-order valence-electron chi connectivity index (χ0n) is 21.1. The molecule has 4 rings (SSSR count). The van der Waals surface area contributed by atoms with Gasteiger partial charge in [0.1, 0.15) is 23.0 Å².